The van der Waals surface area contributed by atoms with Crippen LogP contribution < -0.4 is 0 Å². The van der Waals surface area contributed by atoms with E-state index < -0.39 is 0 Å². The van der Waals surface area contributed by atoms with E-state index in [1.54, 1.807) is 6.20 Å². The summed E-state index contributed by atoms with van der Waals surface area (Å²) in [6.45, 7) is 4.89. The van der Waals surface area contributed by atoms with Crippen LogP contribution >= 0.6 is 0 Å². The Morgan fingerprint density at radius 2 is 2.04 bits per heavy atom. The zero-order valence-electron chi connectivity index (χ0n) is 13.4. The number of aromatic nitrogens is 1. The summed E-state index contributed by atoms with van der Waals surface area (Å²) in [5.41, 5.74) is 2.13. The average molecular weight is 314 g/mol. The van der Waals surface area contributed by atoms with Crippen LogP contribution in [-0.4, -0.2) is 35.7 Å². The Hall–Kier alpha value is -2.14. The van der Waals surface area contributed by atoms with Gasteiger partial charge in [0.05, 0.1) is 18.7 Å². The number of nitrogens with zero attached hydrogens (tertiary/aromatic N) is 2. The van der Waals surface area contributed by atoms with Crippen molar-refractivity contribution >= 4 is 5.97 Å². The van der Waals surface area contributed by atoms with E-state index in [1.165, 1.54) is 0 Å². The smallest absolute Gasteiger partial charge is 0.309 e. The Kier molecular flexibility index (Phi) is 5.08. The molecule has 1 aromatic carbocycles. The summed E-state index contributed by atoms with van der Waals surface area (Å²) in [6, 6.07) is 10.0. The fourth-order valence-electron chi connectivity index (χ4n) is 3.03. The molecule has 3 rings (SSSR count). The SMILES string of the molecule is CCOC(=O)C1CCN(Cc2cnoc2-c2ccccc2)CC1. The fraction of sp³-hybridized carbons (Fsp3) is 0.444. The lowest BCUT2D eigenvalue weighted by Crippen LogP contribution is -2.36. The molecule has 0 bridgehead atoms. The molecule has 0 atom stereocenters. The van der Waals surface area contributed by atoms with E-state index in [0.717, 1.165) is 49.4 Å². The van der Waals surface area contributed by atoms with Gasteiger partial charge in [-0.15, -0.1) is 0 Å². The third-order valence-electron chi connectivity index (χ3n) is 4.28. The van der Waals surface area contributed by atoms with Gasteiger partial charge in [-0.3, -0.25) is 9.69 Å². The number of carbonyl (C=O) groups excluding carboxylic acids is 1. The molecule has 0 N–H and O–H groups in total. The van der Waals surface area contributed by atoms with Crippen LogP contribution in [0, 0.1) is 5.92 Å². The average Bonchev–Trinajstić information content (AvgIpc) is 3.05. The monoisotopic (exact) mass is 314 g/mol. The topological polar surface area (TPSA) is 55.6 Å². The molecule has 5 heteroatoms. The van der Waals surface area contributed by atoms with Crippen molar-refractivity contribution in [1.29, 1.82) is 0 Å². The standard InChI is InChI=1S/C18H22N2O3/c1-2-22-18(21)15-8-10-20(11-9-15)13-16-12-19-23-17(16)14-6-4-3-5-7-14/h3-7,12,15H,2,8-11,13H2,1H3. The quantitative estimate of drug-likeness (QED) is 0.794. The van der Waals surface area contributed by atoms with Gasteiger partial charge in [0.1, 0.15) is 0 Å². The van der Waals surface area contributed by atoms with Crippen LogP contribution in [0.1, 0.15) is 25.3 Å². The lowest BCUT2D eigenvalue weighted by molar-refractivity contribution is -0.149. The first-order valence-corrected chi connectivity index (χ1v) is 8.16. The molecular weight excluding hydrogens is 292 g/mol. The maximum atomic E-state index is 11.8. The van der Waals surface area contributed by atoms with Gasteiger partial charge in [0, 0.05) is 17.7 Å². The maximum absolute atomic E-state index is 11.8. The molecule has 0 amide bonds. The Morgan fingerprint density at radius 1 is 1.30 bits per heavy atom. The van der Waals surface area contributed by atoms with Gasteiger partial charge in [0.15, 0.2) is 5.76 Å². The molecule has 1 fully saturated rings. The van der Waals surface area contributed by atoms with Crippen molar-refractivity contribution in [2.24, 2.45) is 5.92 Å². The largest absolute Gasteiger partial charge is 0.466 e. The summed E-state index contributed by atoms with van der Waals surface area (Å²) in [5.74, 6) is 0.822. The third-order valence-corrected chi connectivity index (χ3v) is 4.28. The third kappa shape index (κ3) is 3.79. The highest BCUT2D eigenvalue weighted by Crippen LogP contribution is 2.26. The van der Waals surface area contributed by atoms with Gasteiger partial charge < -0.3 is 9.26 Å². The van der Waals surface area contributed by atoms with E-state index >= 15 is 0 Å². The summed E-state index contributed by atoms with van der Waals surface area (Å²) in [6.07, 6.45) is 3.50. The normalized spacial score (nSPS) is 16.4. The molecule has 1 aromatic heterocycles. The maximum Gasteiger partial charge on any atom is 0.309 e. The Morgan fingerprint density at radius 3 is 2.74 bits per heavy atom. The highest BCUT2D eigenvalue weighted by Gasteiger charge is 2.26. The van der Waals surface area contributed by atoms with Gasteiger partial charge in [-0.25, -0.2) is 0 Å². The molecule has 1 saturated heterocycles. The van der Waals surface area contributed by atoms with Crippen LogP contribution in [0.15, 0.2) is 41.1 Å². The molecule has 0 unspecified atom stereocenters. The van der Waals surface area contributed by atoms with Gasteiger partial charge in [-0.1, -0.05) is 35.5 Å². The van der Waals surface area contributed by atoms with Gasteiger partial charge >= 0.3 is 5.97 Å². The molecule has 1 aliphatic heterocycles. The highest BCUT2D eigenvalue weighted by molar-refractivity contribution is 5.72. The summed E-state index contributed by atoms with van der Waals surface area (Å²) in [7, 11) is 0. The first kappa shape index (κ1) is 15.7. The summed E-state index contributed by atoms with van der Waals surface area (Å²) >= 11 is 0. The number of likely N-dealkylation sites (tertiary alicyclic amines) is 1. The van der Waals surface area contributed by atoms with E-state index in [4.69, 9.17) is 9.26 Å². The van der Waals surface area contributed by atoms with Crippen LogP contribution in [0.2, 0.25) is 0 Å². The molecule has 0 radical (unpaired) electrons. The number of benzene rings is 1. The second-order valence-electron chi connectivity index (χ2n) is 5.85. The minimum Gasteiger partial charge on any atom is -0.466 e. The Labute approximate surface area is 136 Å². The summed E-state index contributed by atoms with van der Waals surface area (Å²) in [4.78, 5) is 14.1. The first-order valence-electron chi connectivity index (χ1n) is 8.16. The highest BCUT2D eigenvalue weighted by atomic mass is 16.5. The predicted octanol–water partition coefficient (Wildman–Crippen LogP) is 3.12. The molecular formula is C18H22N2O3. The van der Waals surface area contributed by atoms with Crippen LogP contribution in [0.3, 0.4) is 0 Å². The van der Waals surface area contributed by atoms with Gasteiger partial charge in [-0.05, 0) is 32.9 Å². The van der Waals surface area contributed by atoms with Crippen molar-refractivity contribution in [3.05, 3.63) is 42.1 Å². The van der Waals surface area contributed by atoms with E-state index in [-0.39, 0.29) is 11.9 Å². The van der Waals surface area contributed by atoms with Crippen molar-refractivity contribution in [1.82, 2.24) is 10.1 Å². The zero-order valence-corrected chi connectivity index (χ0v) is 13.4. The van der Waals surface area contributed by atoms with Crippen molar-refractivity contribution < 1.29 is 14.1 Å². The van der Waals surface area contributed by atoms with Crippen LogP contribution in [-0.2, 0) is 16.1 Å². The van der Waals surface area contributed by atoms with Gasteiger partial charge in [0.2, 0.25) is 0 Å². The number of hydrogen-bond donors (Lipinski definition) is 0. The molecule has 2 aromatic rings. The molecule has 1 aliphatic rings. The number of rotatable bonds is 5. The van der Waals surface area contributed by atoms with E-state index in [2.05, 4.69) is 10.1 Å². The summed E-state index contributed by atoms with van der Waals surface area (Å²) in [5, 5.41) is 3.96. The number of esters is 1. The first-order chi connectivity index (χ1) is 11.3. The van der Waals surface area contributed by atoms with Gasteiger partial charge in [0.25, 0.3) is 0 Å². The zero-order chi connectivity index (χ0) is 16.1. The molecule has 23 heavy (non-hydrogen) atoms. The lowest BCUT2D eigenvalue weighted by Gasteiger charge is -2.30. The number of ether oxygens (including phenoxy) is 1. The van der Waals surface area contributed by atoms with Crippen LogP contribution in [0.25, 0.3) is 11.3 Å². The lowest BCUT2D eigenvalue weighted by atomic mass is 9.96. The van der Waals surface area contributed by atoms with Crippen molar-refractivity contribution in [2.75, 3.05) is 19.7 Å². The number of carbonyl (C=O) groups is 1. The molecule has 0 spiro atoms. The molecule has 5 nitrogen and oxygen atoms in total. The molecule has 0 saturated carbocycles. The second kappa shape index (κ2) is 7.42. The van der Waals surface area contributed by atoms with E-state index in [9.17, 15) is 4.79 Å². The molecule has 122 valence electrons. The number of hydrogen-bond acceptors (Lipinski definition) is 5. The van der Waals surface area contributed by atoms with Crippen LogP contribution in [0.4, 0.5) is 0 Å². The minimum atomic E-state index is -0.0536. The number of piperidine rings is 1. The van der Waals surface area contributed by atoms with E-state index in [0.29, 0.717) is 6.61 Å². The molecule has 0 aliphatic carbocycles. The summed E-state index contributed by atoms with van der Waals surface area (Å²) < 4.78 is 10.5. The van der Waals surface area contributed by atoms with Crippen molar-refractivity contribution in [3.8, 4) is 11.3 Å². The van der Waals surface area contributed by atoms with E-state index in [1.807, 2.05) is 37.3 Å². The van der Waals surface area contributed by atoms with Crippen molar-refractivity contribution in [3.63, 3.8) is 0 Å². The van der Waals surface area contributed by atoms with Crippen LogP contribution in [0.5, 0.6) is 0 Å². The Balaban J connectivity index is 1.60. The minimum absolute atomic E-state index is 0.0438. The predicted molar refractivity (Wildman–Crippen MR) is 86.6 cm³/mol. The Bertz CT molecular complexity index is 631. The molecule has 2 heterocycles. The fourth-order valence-corrected chi connectivity index (χ4v) is 3.03. The second-order valence-corrected chi connectivity index (χ2v) is 5.85. The van der Waals surface area contributed by atoms with Crippen molar-refractivity contribution in [2.45, 2.75) is 26.3 Å². The van der Waals surface area contributed by atoms with Gasteiger partial charge in [-0.2, -0.15) is 0 Å².